The van der Waals surface area contributed by atoms with Crippen LogP contribution in [0.2, 0.25) is 0 Å². The molecule has 2 atom stereocenters. The summed E-state index contributed by atoms with van der Waals surface area (Å²) in [6, 6.07) is 0. The summed E-state index contributed by atoms with van der Waals surface area (Å²) in [6.45, 7) is 4.92. The van der Waals surface area contributed by atoms with E-state index in [-0.39, 0.29) is 6.29 Å². The molecule has 0 saturated carbocycles. The van der Waals surface area contributed by atoms with E-state index in [1.807, 2.05) is 0 Å². The van der Waals surface area contributed by atoms with Crippen molar-refractivity contribution in [3.05, 3.63) is 0 Å². The molecule has 4 nitrogen and oxygen atoms in total. The third-order valence-corrected chi connectivity index (χ3v) is 6.90. The molecular weight excluding hydrogens is 400 g/mol. The van der Waals surface area contributed by atoms with E-state index in [9.17, 15) is 0 Å². The Morgan fingerprint density at radius 1 is 0.656 bits per heavy atom. The summed E-state index contributed by atoms with van der Waals surface area (Å²) in [5.74, 6) is 0.909. The molecule has 0 spiro atoms. The fourth-order valence-corrected chi connectivity index (χ4v) is 4.64. The van der Waals surface area contributed by atoms with Crippen molar-refractivity contribution < 1.29 is 18.9 Å². The van der Waals surface area contributed by atoms with Crippen LogP contribution in [-0.2, 0) is 18.9 Å². The highest BCUT2D eigenvalue weighted by Crippen LogP contribution is 2.24. The molecule has 1 heterocycles. The molecule has 0 aromatic carbocycles. The van der Waals surface area contributed by atoms with E-state index < -0.39 is 0 Å². The highest BCUT2D eigenvalue weighted by atomic mass is 16.7. The second-order valence-corrected chi connectivity index (χ2v) is 9.90. The van der Waals surface area contributed by atoms with Crippen molar-refractivity contribution in [1.82, 2.24) is 0 Å². The van der Waals surface area contributed by atoms with Gasteiger partial charge in [0.15, 0.2) is 6.29 Å². The lowest BCUT2D eigenvalue weighted by Crippen LogP contribution is -2.12. The second kappa shape index (κ2) is 22.6. The van der Waals surface area contributed by atoms with Gasteiger partial charge < -0.3 is 18.9 Å². The zero-order chi connectivity index (χ0) is 23.1. The van der Waals surface area contributed by atoms with Crippen LogP contribution in [0, 0.1) is 5.92 Å². The van der Waals surface area contributed by atoms with Crippen molar-refractivity contribution in [3.8, 4) is 0 Å². The predicted molar refractivity (Wildman–Crippen MR) is 135 cm³/mol. The SMILES string of the molecule is CCCCCCCCCC(CCCCCCCCCC(OC)OC)CCCOCC1CO1. The summed E-state index contributed by atoms with van der Waals surface area (Å²) in [5, 5.41) is 0. The third-order valence-electron chi connectivity index (χ3n) is 6.90. The number of unbranched alkanes of at least 4 members (excludes halogenated alkanes) is 12. The van der Waals surface area contributed by atoms with Crippen LogP contribution in [0.15, 0.2) is 0 Å². The van der Waals surface area contributed by atoms with Gasteiger partial charge in [-0.05, 0) is 31.6 Å². The van der Waals surface area contributed by atoms with Crippen molar-refractivity contribution in [2.45, 2.75) is 141 Å². The molecule has 4 heteroatoms. The first-order chi connectivity index (χ1) is 15.8. The fraction of sp³-hybridized carbons (Fsp3) is 1.00. The van der Waals surface area contributed by atoms with Gasteiger partial charge in [-0.3, -0.25) is 0 Å². The molecule has 1 aliphatic heterocycles. The van der Waals surface area contributed by atoms with Crippen molar-refractivity contribution in [3.63, 3.8) is 0 Å². The lowest BCUT2D eigenvalue weighted by molar-refractivity contribution is -0.107. The highest BCUT2D eigenvalue weighted by molar-refractivity contribution is 4.67. The number of ether oxygens (including phenoxy) is 4. The Labute approximate surface area is 200 Å². The topological polar surface area (TPSA) is 40.2 Å². The Morgan fingerprint density at radius 2 is 1.12 bits per heavy atom. The number of rotatable bonds is 26. The van der Waals surface area contributed by atoms with Gasteiger partial charge in [-0.15, -0.1) is 0 Å². The fourth-order valence-electron chi connectivity index (χ4n) is 4.64. The molecule has 0 aromatic heterocycles. The zero-order valence-corrected chi connectivity index (χ0v) is 21.9. The Bertz CT molecular complexity index is 368. The van der Waals surface area contributed by atoms with Gasteiger partial charge in [0.2, 0.25) is 0 Å². The van der Waals surface area contributed by atoms with E-state index in [1.54, 1.807) is 14.2 Å². The van der Waals surface area contributed by atoms with Gasteiger partial charge in [0, 0.05) is 20.8 Å². The molecule has 1 fully saturated rings. The molecule has 192 valence electrons. The van der Waals surface area contributed by atoms with Crippen LogP contribution in [0.3, 0.4) is 0 Å². The minimum absolute atomic E-state index is 0.0179. The minimum atomic E-state index is -0.0179. The molecule has 0 aliphatic carbocycles. The Morgan fingerprint density at radius 3 is 1.62 bits per heavy atom. The summed E-state index contributed by atoms with van der Waals surface area (Å²) >= 11 is 0. The molecule has 0 aromatic rings. The number of hydrogen-bond donors (Lipinski definition) is 0. The van der Waals surface area contributed by atoms with Gasteiger partial charge in [-0.1, -0.05) is 103 Å². The molecule has 1 saturated heterocycles. The summed E-state index contributed by atoms with van der Waals surface area (Å²) in [6.07, 6.45) is 26.2. The highest BCUT2D eigenvalue weighted by Gasteiger charge is 2.22. The number of epoxide rings is 1. The van der Waals surface area contributed by atoms with Gasteiger partial charge in [0.25, 0.3) is 0 Å². The lowest BCUT2D eigenvalue weighted by Gasteiger charge is -2.17. The van der Waals surface area contributed by atoms with Gasteiger partial charge in [0.1, 0.15) is 6.10 Å². The first kappa shape index (κ1) is 29.9. The second-order valence-electron chi connectivity index (χ2n) is 9.90. The van der Waals surface area contributed by atoms with Crippen molar-refractivity contribution in [1.29, 1.82) is 0 Å². The van der Waals surface area contributed by atoms with Gasteiger partial charge in [-0.25, -0.2) is 0 Å². The molecule has 0 radical (unpaired) electrons. The van der Waals surface area contributed by atoms with Crippen LogP contribution in [0.1, 0.15) is 129 Å². The first-order valence-corrected chi connectivity index (χ1v) is 14.0. The van der Waals surface area contributed by atoms with E-state index >= 15 is 0 Å². The van der Waals surface area contributed by atoms with E-state index in [2.05, 4.69) is 6.92 Å². The zero-order valence-electron chi connectivity index (χ0n) is 21.9. The lowest BCUT2D eigenvalue weighted by atomic mass is 9.90. The average Bonchev–Trinajstić information content (AvgIpc) is 3.63. The van der Waals surface area contributed by atoms with E-state index in [4.69, 9.17) is 18.9 Å². The largest absolute Gasteiger partial charge is 0.379 e. The van der Waals surface area contributed by atoms with Crippen molar-refractivity contribution in [2.75, 3.05) is 34.0 Å². The van der Waals surface area contributed by atoms with E-state index in [1.165, 1.54) is 116 Å². The Kier molecular flexibility index (Phi) is 21.1. The standard InChI is InChI=1S/C28H56O4/c1-4-5-6-7-9-12-15-19-26(21-18-23-31-24-27-25-32-27)20-16-13-10-8-11-14-17-22-28(29-2)30-3/h26-28H,4-25H2,1-3H3. The minimum Gasteiger partial charge on any atom is -0.379 e. The number of methoxy groups -OCH3 is 2. The summed E-state index contributed by atoms with van der Waals surface area (Å²) in [7, 11) is 3.45. The Hall–Kier alpha value is -0.160. The quantitative estimate of drug-likeness (QED) is 0.0749. The van der Waals surface area contributed by atoms with Crippen LogP contribution in [-0.4, -0.2) is 46.4 Å². The van der Waals surface area contributed by atoms with Crippen LogP contribution < -0.4 is 0 Å². The number of hydrogen-bond acceptors (Lipinski definition) is 4. The monoisotopic (exact) mass is 456 g/mol. The maximum Gasteiger partial charge on any atom is 0.156 e. The molecule has 1 aliphatic rings. The molecule has 0 bridgehead atoms. The van der Waals surface area contributed by atoms with E-state index in [0.29, 0.717) is 6.10 Å². The van der Waals surface area contributed by atoms with Crippen molar-refractivity contribution >= 4 is 0 Å². The maximum atomic E-state index is 5.77. The average molecular weight is 457 g/mol. The first-order valence-electron chi connectivity index (χ1n) is 14.0. The predicted octanol–water partition coefficient (Wildman–Crippen LogP) is 8.07. The normalized spacial score (nSPS) is 16.7. The maximum absolute atomic E-state index is 5.77. The Balaban J connectivity index is 2.03. The molecule has 0 amide bonds. The van der Waals surface area contributed by atoms with Gasteiger partial charge in [0.05, 0.1) is 13.2 Å². The molecule has 1 rings (SSSR count). The molecular formula is C28H56O4. The summed E-state index contributed by atoms with van der Waals surface area (Å²) < 4.78 is 21.5. The third kappa shape index (κ3) is 19.3. The van der Waals surface area contributed by atoms with Gasteiger partial charge in [-0.2, -0.15) is 0 Å². The molecule has 0 N–H and O–H groups in total. The van der Waals surface area contributed by atoms with Crippen LogP contribution in [0.4, 0.5) is 0 Å². The van der Waals surface area contributed by atoms with Gasteiger partial charge >= 0.3 is 0 Å². The molecule has 32 heavy (non-hydrogen) atoms. The van der Waals surface area contributed by atoms with Crippen LogP contribution in [0.5, 0.6) is 0 Å². The van der Waals surface area contributed by atoms with Crippen molar-refractivity contribution in [2.24, 2.45) is 5.92 Å². The smallest absolute Gasteiger partial charge is 0.156 e. The molecule has 2 unspecified atom stereocenters. The van der Waals surface area contributed by atoms with Crippen LogP contribution in [0.25, 0.3) is 0 Å². The van der Waals surface area contributed by atoms with E-state index in [0.717, 1.165) is 32.2 Å². The summed E-state index contributed by atoms with van der Waals surface area (Å²) in [5.41, 5.74) is 0. The summed E-state index contributed by atoms with van der Waals surface area (Å²) in [4.78, 5) is 0. The van der Waals surface area contributed by atoms with Crippen LogP contribution >= 0.6 is 0 Å².